The molecule has 8 nitrogen and oxygen atoms in total. The molecule has 3 aromatic rings. The van der Waals surface area contributed by atoms with Gasteiger partial charge in [-0.1, -0.05) is 25.1 Å². The Labute approximate surface area is 167 Å². The molecule has 0 amide bonds. The second kappa shape index (κ2) is 9.14. The fourth-order valence-electron chi connectivity index (χ4n) is 2.55. The van der Waals surface area contributed by atoms with Crippen LogP contribution >= 0.6 is 11.8 Å². The first kappa shape index (κ1) is 19.6. The zero-order valence-electron chi connectivity index (χ0n) is 15.5. The van der Waals surface area contributed by atoms with Gasteiger partial charge in [-0.2, -0.15) is 15.0 Å². The number of benzene rings is 1. The van der Waals surface area contributed by atoms with Crippen LogP contribution in [0.1, 0.15) is 28.7 Å². The van der Waals surface area contributed by atoms with Gasteiger partial charge in [-0.25, -0.2) is 9.78 Å². The largest absolute Gasteiger partial charge is 0.454 e. The molecule has 144 valence electrons. The standard InChI is InChI=1S/C19H20N6O2S/c1-3-12-7-4-5-9-14(12)22-19-24-15(23-18(20)25-19)11-27-17(26)13-8-6-10-21-16(13)28-2/h4-10H,3,11H2,1-2H3,(H3,20,22,23,24,25). The van der Waals surface area contributed by atoms with E-state index in [1.54, 1.807) is 18.3 Å². The van der Waals surface area contributed by atoms with E-state index >= 15 is 0 Å². The molecule has 9 heteroatoms. The number of esters is 1. The van der Waals surface area contributed by atoms with Crippen molar-refractivity contribution in [3.8, 4) is 0 Å². The van der Waals surface area contributed by atoms with Gasteiger partial charge >= 0.3 is 5.97 Å². The Hall–Kier alpha value is -3.20. The van der Waals surface area contributed by atoms with Crippen LogP contribution in [0.5, 0.6) is 0 Å². The summed E-state index contributed by atoms with van der Waals surface area (Å²) in [5.74, 6) is 0.100. The SMILES string of the molecule is CCc1ccccc1Nc1nc(N)nc(COC(=O)c2cccnc2SC)n1. The van der Waals surface area contributed by atoms with E-state index in [2.05, 4.69) is 32.2 Å². The first-order chi connectivity index (χ1) is 13.6. The Balaban J connectivity index is 1.74. The van der Waals surface area contributed by atoms with Crippen LogP contribution in [0.3, 0.4) is 0 Å². The average Bonchev–Trinajstić information content (AvgIpc) is 2.72. The van der Waals surface area contributed by atoms with E-state index in [-0.39, 0.29) is 18.4 Å². The number of carbonyl (C=O) groups excluding carboxylic acids is 1. The van der Waals surface area contributed by atoms with Gasteiger partial charge in [-0.05, 0) is 36.4 Å². The number of thioether (sulfide) groups is 1. The van der Waals surface area contributed by atoms with Crippen molar-refractivity contribution < 1.29 is 9.53 Å². The Kier molecular flexibility index (Phi) is 6.38. The van der Waals surface area contributed by atoms with E-state index in [9.17, 15) is 4.79 Å². The van der Waals surface area contributed by atoms with Crippen molar-refractivity contribution in [3.63, 3.8) is 0 Å². The quantitative estimate of drug-likeness (QED) is 0.458. The van der Waals surface area contributed by atoms with E-state index in [0.717, 1.165) is 17.7 Å². The number of carbonyl (C=O) groups is 1. The lowest BCUT2D eigenvalue weighted by Gasteiger charge is -2.11. The summed E-state index contributed by atoms with van der Waals surface area (Å²) in [6.07, 6.45) is 4.33. The lowest BCUT2D eigenvalue weighted by Crippen LogP contribution is -2.12. The van der Waals surface area contributed by atoms with Crippen molar-refractivity contribution in [2.45, 2.75) is 25.0 Å². The van der Waals surface area contributed by atoms with Crippen LogP contribution < -0.4 is 11.1 Å². The van der Waals surface area contributed by atoms with E-state index in [0.29, 0.717) is 16.5 Å². The highest BCUT2D eigenvalue weighted by Gasteiger charge is 2.15. The van der Waals surface area contributed by atoms with E-state index in [1.165, 1.54) is 11.8 Å². The number of nitrogens with zero attached hydrogens (tertiary/aromatic N) is 4. The van der Waals surface area contributed by atoms with Gasteiger partial charge < -0.3 is 15.8 Å². The smallest absolute Gasteiger partial charge is 0.341 e. The van der Waals surface area contributed by atoms with E-state index < -0.39 is 5.97 Å². The van der Waals surface area contributed by atoms with Gasteiger partial charge in [0.15, 0.2) is 12.4 Å². The number of aryl methyl sites for hydroxylation is 1. The molecular weight excluding hydrogens is 376 g/mol. The van der Waals surface area contributed by atoms with Crippen molar-refractivity contribution >= 4 is 35.3 Å². The number of anilines is 3. The molecule has 0 aliphatic heterocycles. The molecule has 2 aromatic heterocycles. The zero-order chi connectivity index (χ0) is 19.9. The first-order valence-corrected chi connectivity index (χ1v) is 9.84. The third-order valence-corrected chi connectivity index (χ3v) is 4.57. The molecule has 0 unspecified atom stereocenters. The summed E-state index contributed by atoms with van der Waals surface area (Å²) in [7, 11) is 0. The molecule has 3 N–H and O–H groups in total. The molecule has 0 spiro atoms. The second-order valence-electron chi connectivity index (χ2n) is 5.71. The number of para-hydroxylation sites is 1. The molecule has 0 bridgehead atoms. The number of hydrogen-bond donors (Lipinski definition) is 2. The summed E-state index contributed by atoms with van der Waals surface area (Å²) >= 11 is 1.37. The number of hydrogen-bond acceptors (Lipinski definition) is 9. The van der Waals surface area contributed by atoms with Crippen LogP contribution in [0.25, 0.3) is 0 Å². The fraction of sp³-hybridized carbons (Fsp3) is 0.211. The number of rotatable bonds is 7. The molecule has 3 rings (SSSR count). The molecule has 1 aromatic carbocycles. The third-order valence-electron chi connectivity index (χ3n) is 3.86. The lowest BCUT2D eigenvalue weighted by molar-refractivity contribution is 0.0457. The molecule has 0 saturated carbocycles. The van der Waals surface area contributed by atoms with Gasteiger partial charge in [0.2, 0.25) is 11.9 Å². The molecular formula is C19H20N6O2S. The number of ether oxygens (including phenoxy) is 1. The predicted octanol–water partition coefficient (Wildman–Crippen LogP) is 3.23. The Morgan fingerprint density at radius 2 is 2.00 bits per heavy atom. The highest BCUT2D eigenvalue weighted by molar-refractivity contribution is 7.98. The molecule has 0 fully saturated rings. The van der Waals surface area contributed by atoms with Crippen LogP contribution in [0.2, 0.25) is 0 Å². The van der Waals surface area contributed by atoms with Gasteiger partial charge in [-0.15, -0.1) is 11.8 Å². The maximum atomic E-state index is 12.3. The maximum absolute atomic E-state index is 12.3. The number of nitrogens with two attached hydrogens (primary N) is 1. The first-order valence-electron chi connectivity index (χ1n) is 8.62. The van der Waals surface area contributed by atoms with Crippen molar-refractivity contribution in [2.75, 3.05) is 17.3 Å². The molecule has 2 heterocycles. The van der Waals surface area contributed by atoms with Crippen molar-refractivity contribution in [3.05, 3.63) is 59.5 Å². The Morgan fingerprint density at radius 1 is 1.18 bits per heavy atom. The minimum atomic E-state index is -0.498. The number of nitrogens with one attached hydrogen (secondary N) is 1. The Bertz CT molecular complexity index is 982. The summed E-state index contributed by atoms with van der Waals surface area (Å²) in [5.41, 5.74) is 8.19. The molecule has 0 atom stereocenters. The van der Waals surface area contributed by atoms with Crippen molar-refractivity contribution in [2.24, 2.45) is 0 Å². The number of aromatic nitrogens is 4. The van der Waals surface area contributed by atoms with Gasteiger partial charge in [0.1, 0.15) is 5.03 Å². The minimum Gasteiger partial charge on any atom is -0.454 e. The van der Waals surface area contributed by atoms with Crippen LogP contribution in [-0.4, -0.2) is 32.2 Å². The average molecular weight is 396 g/mol. The van der Waals surface area contributed by atoms with Crippen LogP contribution in [0, 0.1) is 0 Å². The monoisotopic (exact) mass is 396 g/mol. The lowest BCUT2D eigenvalue weighted by atomic mass is 10.1. The Morgan fingerprint density at radius 3 is 2.79 bits per heavy atom. The minimum absolute atomic E-state index is 0.0451. The number of nitrogen functional groups attached to an aromatic ring is 1. The highest BCUT2D eigenvalue weighted by Crippen LogP contribution is 2.20. The molecule has 0 radical (unpaired) electrons. The van der Waals surface area contributed by atoms with Crippen LogP contribution in [0.4, 0.5) is 17.6 Å². The van der Waals surface area contributed by atoms with Gasteiger partial charge in [0.05, 0.1) is 5.56 Å². The van der Waals surface area contributed by atoms with Crippen LogP contribution in [0.15, 0.2) is 47.6 Å². The maximum Gasteiger partial charge on any atom is 0.341 e. The van der Waals surface area contributed by atoms with Gasteiger partial charge in [0, 0.05) is 11.9 Å². The van der Waals surface area contributed by atoms with Crippen molar-refractivity contribution in [1.29, 1.82) is 0 Å². The third kappa shape index (κ3) is 4.74. The topological polar surface area (TPSA) is 116 Å². The summed E-state index contributed by atoms with van der Waals surface area (Å²) in [6, 6.07) is 11.2. The van der Waals surface area contributed by atoms with Gasteiger partial charge in [0.25, 0.3) is 0 Å². The van der Waals surface area contributed by atoms with Crippen LogP contribution in [-0.2, 0) is 17.8 Å². The summed E-state index contributed by atoms with van der Waals surface area (Å²) in [6.45, 7) is 1.94. The molecule has 0 aliphatic rings. The summed E-state index contributed by atoms with van der Waals surface area (Å²) in [5, 5.41) is 3.74. The highest BCUT2D eigenvalue weighted by atomic mass is 32.2. The molecule has 0 saturated heterocycles. The van der Waals surface area contributed by atoms with E-state index in [1.807, 2.05) is 30.5 Å². The normalized spacial score (nSPS) is 10.5. The van der Waals surface area contributed by atoms with E-state index in [4.69, 9.17) is 10.5 Å². The van der Waals surface area contributed by atoms with Crippen molar-refractivity contribution in [1.82, 2.24) is 19.9 Å². The fourth-order valence-corrected chi connectivity index (χ4v) is 3.08. The molecule has 0 aliphatic carbocycles. The zero-order valence-corrected chi connectivity index (χ0v) is 16.4. The predicted molar refractivity (Wildman–Crippen MR) is 108 cm³/mol. The second-order valence-corrected chi connectivity index (χ2v) is 6.50. The summed E-state index contributed by atoms with van der Waals surface area (Å²) < 4.78 is 5.33. The molecule has 28 heavy (non-hydrogen) atoms. The summed E-state index contributed by atoms with van der Waals surface area (Å²) in [4.78, 5) is 29.0. The number of pyridine rings is 1. The van der Waals surface area contributed by atoms with Gasteiger partial charge in [-0.3, -0.25) is 0 Å².